The van der Waals surface area contributed by atoms with Crippen LogP contribution in [-0.4, -0.2) is 63.9 Å². The first kappa shape index (κ1) is 47.0. The van der Waals surface area contributed by atoms with Crippen molar-refractivity contribution in [3.05, 3.63) is 114 Å². The van der Waals surface area contributed by atoms with E-state index in [0.29, 0.717) is 69.4 Å². The number of anilines is 1. The van der Waals surface area contributed by atoms with E-state index in [4.69, 9.17) is 28.4 Å². The number of hydrogen-bond acceptors (Lipinski definition) is 9. The number of benzene rings is 4. The van der Waals surface area contributed by atoms with Crippen LogP contribution in [0.3, 0.4) is 0 Å². The van der Waals surface area contributed by atoms with Gasteiger partial charge in [0.2, 0.25) is 0 Å². The van der Waals surface area contributed by atoms with Crippen LogP contribution in [0.5, 0.6) is 17.2 Å². The fraction of sp³-hybridized carbons (Fsp3) is 0.408. The van der Waals surface area contributed by atoms with Crippen molar-refractivity contribution < 1.29 is 50.4 Å². The van der Waals surface area contributed by atoms with E-state index in [2.05, 4.69) is 0 Å². The summed E-state index contributed by atoms with van der Waals surface area (Å²) in [5.41, 5.74) is 2.40. The van der Waals surface area contributed by atoms with Crippen LogP contribution in [-0.2, 0) is 42.1 Å². The smallest absolute Gasteiger partial charge is 0.308 e. The van der Waals surface area contributed by atoms with Crippen molar-refractivity contribution in [2.75, 3.05) is 25.6 Å². The summed E-state index contributed by atoms with van der Waals surface area (Å²) < 4.78 is 100. The van der Waals surface area contributed by atoms with E-state index in [1.165, 1.54) is 49.9 Å². The molecule has 1 aliphatic heterocycles. The van der Waals surface area contributed by atoms with Crippen molar-refractivity contribution in [2.24, 2.45) is 0 Å². The first-order valence-corrected chi connectivity index (χ1v) is 22.4. The normalized spacial score (nSPS) is 16.5. The molecule has 338 valence electrons. The number of sulfonamides is 1. The summed E-state index contributed by atoms with van der Waals surface area (Å²) in [5, 5.41) is 0. The Kier molecular flexibility index (Phi) is 14.3. The van der Waals surface area contributed by atoms with Crippen LogP contribution in [0, 0.1) is 11.6 Å². The molecule has 1 aliphatic rings. The number of carbonyl (C=O) groups excluding carboxylic acids is 1. The van der Waals surface area contributed by atoms with Crippen molar-refractivity contribution in [2.45, 2.75) is 115 Å². The molecule has 14 heteroatoms. The Labute approximate surface area is 369 Å². The molecule has 1 fully saturated rings. The number of carbonyl (C=O) groups is 1. The molecule has 1 saturated heterocycles. The lowest BCUT2D eigenvalue weighted by molar-refractivity contribution is -0.301. The maximum absolute atomic E-state index is 16.1. The van der Waals surface area contributed by atoms with E-state index in [9.17, 15) is 13.6 Å². The van der Waals surface area contributed by atoms with Gasteiger partial charge in [-0.05, 0) is 107 Å². The molecule has 2 unspecified atom stereocenters. The highest BCUT2D eigenvalue weighted by Crippen LogP contribution is 2.47. The van der Waals surface area contributed by atoms with Gasteiger partial charge in [0.05, 0.1) is 63.4 Å². The minimum absolute atomic E-state index is 0.00485. The van der Waals surface area contributed by atoms with Crippen LogP contribution in [0.15, 0.2) is 95.9 Å². The lowest BCUT2D eigenvalue weighted by atomic mass is 10.00. The van der Waals surface area contributed by atoms with Gasteiger partial charge >= 0.3 is 5.97 Å². The largest absolute Gasteiger partial charge is 0.496 e. The molecular weight excluding hydrogens is 831 g/mol. The third kappa shape index (κ3) is 10.9. The fourth-order valence-corrected chi connectivity index (χ4v) is 10.2. The van der Waals surface area contributed by atoms with Crippen LogP contribution in [0.25, 0.3) is 22.4 Å². The van der Waals surface area contributed by atoms with Gasteiger partial charge < -0.3 is 33.0 Å². The van der Waals surface area contributed by atoms with Gasteiger partial charge in [0, 0.05) is 36.4 Å². The van der Waals surface area contributed by atoms with Gasteiger partial charge in [0.15, 0.2) is 5.79 Å². The standard InChI is InChI=1S/C49H58F2N2O9S/c1-31(2)45-47(63(55,56)53(36-14-12-11-13-15-36)30-40-41(58-9)27-38(57-8)28-42(40)59-10)44(32-16-20-34(50)21-17-32)46(33-18-22-35(51)23-19-33)52(45)25-24-37-26-39(61-49(6,7)60-37)29-43(54)62-48(3,4)5/h11-23,27-28,31,37,39H,24-26,29-30H2,1-10H3. The zero-order valence-corrected chi connectivity index (χ0v) is 38.5. The van der Waals surface area contributed by atoms with E-state index in [0.717, 1.165) is 0 Å². The van der Waals surface area contributed by atoms with Crippen LogP contribution in [0.4, 0.5) is 14.5 Å². The molecule has 2 heterocycles. The lowest BCUT2D eigenvalue weighted by Gasteiger charge is -2.41. The Morgan fingerprint density at radius 2 is 1.40 bits per heavy atom. The highest BCUT2D eigenvalue weighted by atomic mass is 32.2. The van der Waals surface area contributed by atoms with Gasteiger partial charge in [-0.2, -0.15) is 0 Å². The predicted octanol–water partition coefficient (Wildman–Crippen LogP) is 10.7. The third-order valence-corrected chi connectivity index (χ3v) is 12.5. The van der Waals surface area contributed by atoms with Crippen molar-refractivity contribution in [3.8, 4) is 39.6 Å². The average molecular weight is 889 g/mol. The van der Waals surface area contributed by atoms with Gasteiger partial charge in [-0.25, -0.2) is 17.2 Å². The van der Waals surface area contributed by atoms with Gasteiger partial charge in [-0.15, -0.1) is 0 Å². The number of nitrogens with zero attached hydrogens (tertiary/aromatic N) is 2. The Morgan fingerprint density at radius 3 is 1.92 bits per heavy atom. The fourth-order valence-electron chi connectivity index (χ4n) is 8.23. The van der Waals surface area contributed by atoms with E-state index < -0.39 is 51.2 Å². The molecular formula is C49H58F2N2O9S. The van der Waals surface area contributed by atoms with Gasteiger partial charge in [-0.3, -0.25) is 9.10 Å². The molecule has 6 rings (SSSR count). The molecule has 0 spiro atoms. The second-order valence-corrected chi connectivity index (χ2v) is 19.1. The van der Waals surface area contributed by atoms with E-state index in [1.807, 2.05) is 39.2 Å². The SMILES string of the molecule is COc1cc(OC)c(CN(c2ccccc2)S(=O)(=O)c2c(-c3ccc(F)cc3)c(-c3ccc(F)cc3)n(CCC3CC(CC(=O)OC(C)(C)C)OC(C)(C)O3)c2C(C)C)c(OC)c1. The number of rotatable bonds is 16. The summed E-state index contributed by atoms with van der Waals surface area (Å²) >= 11 is 0. The quantitative estimate of drug-likeness (QED) is 0.0893. The lowest BCUT2D eigenvalue weighted by Crippen LogP contribution is -2.46. The molecule has 0 N–H and O–H groups in total. The van der Waals surface area contributed by atoms with Crippen molar-refractivity contribution >= 4 is 21.7 Å². The molecule has 2 atom stereocenters. The molecule has 1 aromatic heterocycles. The highest BCUT2D eigenvalue weighted by molar-refractivity contribution is 7.93. The summed E-state index contributed by atoms with van der Waals surface area (Å²) in [4.78, 5) is 12.9. The van der Waals surface area contributed by atoms with Crippen LogP contribution in [0.2, 0.25) is 0 Å². The molecule has 0 amide bonds. The van der Waals surface area contributed by atoms with Gasteiger partial charge in [-0.1, -0.05) is 44.2 Å². The van der Waals surface area contributed by atoms with Gasteiger partial charge in [0.25, 0.3) is 10.0 Å². The van der Waals surface area contributed by atoms with Crippen LogP contribution in [0.1, 0.15) is 84.9 Å². The maximum Gasteiger partial charge on any atom is 0.308 e. The molecule has 4 aromatic carbocycles. The second kappa shape index (κ2) is 19.1. The molecule has 63 heavy (non-hydrogen) atoms. The summed E-state index contributed by atoms with van der Waals surface area (Å²) in [6, 6.07) is 23.6. The van der Waals surface area contributed by atoms with Crippen molar-refractivity contribution in [1.29, 1.82) is 0 Å². The van der Waals surface area contributed by atoms with E-state index in [-0.39, 0.29) is 30.4 Å². The summed E-state index contributed by atoms with van der Waals surface area (Å²) in [6.07, 6.45) is -0.147. The van der Waals surface area contributed by atoms with Crippen molar-refractivity contribution in [1.82, 2.24) is 4.57 Å². The molecule has 0 saturated carbocycles. The number of para-hydroxylation sites is 1. The predicted molar refractivity (Wildman–Crippen MR) is 239 cm³/mol. The number of esters is 1. The molecule has 0 aliphatic carbocycles. The van der Waals surface area contributed by atoms with Crippen LogP contribution < -0.4 is 18.5 Å². The first-order valence-electron chi connectivity index (χ1n) is 21.0. The Balaban J connectivity index is 1.59. The van der Waals surface area contributed by atoms with Crippen molar-refractivity contribution in [3.63, 3.8) is 0 Å². The molecule has 0 radical (unpaired) electrons. The van der Waals surface area contributed by atoms with Gasteiger partial charge in [0.1, 0.15) is 39.4 Å². The minimum atomic E-state index is -4.60. The number of aromatic nitrogens is 1. The average Bonchev–Trinajstić information content (AvgIpc) is 3.57. The third-order valence-electron chi connectivity index (χ3n) is 10.7. The number of methoxy groups -OCH3 is 3. The maximum atomic E-state index is 16.1. The zero-order valence-electron chi connectivity index (χ0n) is 37.7. The first-order chi connectivity index (χ1) is 29.7. The number of hydrogen-bond donors (Lipinski definition) is 0. The monoisotopic (exact) mass is 888 g/mol. The topological polar surface area (TPSA) is 115 Å². The number of halogens is 2. The number of ether oxygens (including phenoxy) is 6. The summed E-state index contributed by atoms with van der Waals surface area (Å²) in [7, 11) is -0.112. The molecule has 11 nitrogen and oxygen atoms in total. The zero-order chi connectivity index (χ0) is 45.9. The second-order valence-electron chi connectivity index (χ2n) is 17.3. The highest BCUT2D eigenvalue weighted by Gasteiger charge is 2.41. The Morgan fingerprint density at radius 1 is 0.841 bits per heavy atom. The summed E-state index contributed by atoms with van der Waals surface area (Å²) in [6.45, 7) is 12.9. The Bertz CT molecular complexity index is 2460. The Hall–Kier alpha value is -5.44. The molecule has 0 bridgehead atoms. The molecule has 5 aromatic rings. The van der Waals surface area contributed by atoms with E-state index in [1.54, 1.807) is 80.6 Å². The van der Waals surface area contributed by atoms with E-state index >= 15 is 8.42 Å². The summed E-state index contributed by atoms with van der Waals surface area (Å²) in [5.74, 6) is -1.65. The minimum Gasteiger partial charge on any atom is -0.496 e. The van der Waals surface area contributed by atoms with Crippen LogP contribution >= 0.6 is 0 Å².